The van der Waals surface area contributed by atoms with Crippen LogP contribution in [0.2, 0.25) is 0 Å². The summed E-state index contributed by atoms with van der Waals surface area (Å²) in [5.41, 5.74) is 20.7. The fraction of sp³-hybridized carbons (Fsp3) is 0.216. The molecule has 1 aromatic heterocycles. The number of pyridine rings is 1. The molecule has 1 aliphatic heterocycles. The van der Waals surface area contributed by atoms with Gasteiger partial charge < -0.3 is 0 Å². The van der Waals surface area contributed by atoms with Gasteiger partial charge in [0, 0.05) is 16.7 Å². The van der Waals surface area contributed by atoms with Crippen molar-refractivity contribution in [2.24, 2.45) is 7.05 Å². The van der Waals surface area contributed by atoms with Crippen LogP contribution in [0.15, 0.2) is 85.1 Å². The fourth-order valence-electron chi connectivity index (χ4n) is 7.55. The van der Waals surface area contributed by atoms with E-state index in [0.29, 0.717) is 0 Å². The number of hydrogen-bond acceptors (Lipinski definition) is 0. The van der Waals surface area contributed by atoms with Gasteiger partial charge in [-0.25, -0.2) is 4.57 Å². The zero-order valence-electron chi connectivity index (χ0n) is 25.2. The molecule has 1 aliphatic rings. The molecule has 3 heteroatoms. The molecule has 0 bridgehead atoms. The van der Waals surface area contributed by atoms with Gasteiger partial charge in [-0.15, -0.1) is 0 Å². The van der Waals surface area contributed by atoms with Gasteiger partial charge in [-0.05, 0) is 65.7 Å². The highest BCUT2D eigenvalue weighted by Gasteiger charge is 2.41. The molecule has 1 nitrogen and oxygen atoms in total. The number of rotatable bonds is 3. The van der Waals surface area contributed by atoms with Gasteiger partial charge in [0.05, 0.1) is 0 Å². The molecule has 0 atom stereocenters. The average Bonchev–Trinajstić information content (AvgIpc) is 2.91. The molecule has 5 aromatic rings. The molecule has 4 aromatic carbocycles. The van der Waals surface area contributed by atoms with Crippen LogP contribution < -0.4 is 37.3 Å². The number of aromatic nitrogens is 1. The van der Waals surface area contributed by atoms with Crippen LogP contribution in [0.3, 0.4) is 0 Å². The van der Waals surface area contributed by atoms with E-state index in [4.69, 9.17) is 0 Å². The molecule has 196 valence electrons. The van der Waals surface area contributed by atoms with Gasteiger partial charge >= 0.3 is 0 Å². The number of aryl methyl sites for hydroxylation is 6. The summed E-state index contributed by atoms with van der Waals surface area (Å²) < 4.78 is 2.34. The van der Waals surface area contributed by atoms with E-state index in [1.54, 1.807) is 0 Å². The third kappa shape index (κ3) is 4.06. The summed E-state index contributed by atoms with van der Waals surface area (Å²) in [5, 5.41) is 0. The summed E-state index contributed by atoms with van der Waals surface area (Å²) in [6.45, 7) is 16.3. The summed E-state index contributed by atoms with van der Waals surface area (Å²) in [7, 11) is 2.20. The van der Waals surface area contributed by atoms with Gasteiger partial charge in [0.1, 0.15) is 7.05 Å². The van der Waals surface area contributed by atoms with Crippen molar-refractivity contribution in [3.05, 3.63) is 124 Å². The second-order valence-electron chi connectivity index (χ2n) is 12.0. The third-order valence-electron chi connectivity index (χ3n) is 9.35. The lowest BCUT2D eigenvalue weighted by molar-refractivity contribution is -0.660. The third-order valence-corrected chi connectivity index (χ3v) is 9.35. The van der Waals surface area contributed by atoms with E-state index < -0.39 is 0 Å². The van der Waals surface area contributed by atoms with Crippen LogP contribution in [0.4, 0.5) is 0 Å². The molecule has 0 amide bonds. The van der Waals surface area contributed by atoms with E-state index in [1.165, 1.54) is 83.0 Å². The maximum atomic E-state index is 2.38. The van der Waals surface area contributed by atoms with E-state index in [1.807, 2.05) is 0 Å². The Labute approximate surface area is 241 Å². The Kier molecular flexibility index (Phi) is 6.57. The number of nitrogens with zero attached hydrogens (tertiary/aromatic N) is 1. The molecule has 2 heterocycles. The van der Waals surface area contributed by atoms with E-state index in [9.17, 15) is 0 Å². The van der Waals surface area contributed by atoms with Crippen molar-refractivity contribution in [2.45, 2.75) is 48.5 Å². The Bertz CT molecular complexity index is 1730. The topological polar surface area (TPSA) is 3.88 Å². The lowest BCUT2D eigenvalue weighted by Crippen LogP contribution is -2.76. The Hall–Kier alpha value is -3.84. The Morgan fingerprint density at radius 2 is 1.00 bits per heavy atom. The van der Waals surface area contributed by atoms with Gasteiger partial charge in [0.15, 0.2) is 6.20 Å². The molecule has 0 N–H and O–H groups in total. The molecule has 0 radical (unpaired) electrons. The van der Waals surface area contributed by atoms with Gasteiger partial charge in [0.2, 0.25) is 19.1 Å². The van der Waals surface area contributed by atoms with E-state index >= 15 is 0 Å². The molecular weight excluding hydrogens is 480 g/mol. The number of benzene rings is 4. The first-order valence-electron chi connectivity index (χ1n) is 14.5. The molecule has 40 heavy (non-hydrogen) atoms. The normalized spacial score (nSPS) is 12.4. The molecule has 6 rings (SSSR count). The first-order chi connectivity index (χ1) is 19.2. The van der Waals surface area contributed by atoms with Crippen molar-refractivity contribution in [3.63, 3.8) is 0 Å². The van der Waals surface area contributed by atoms with Crippen molar-refractivity contribution in [1.29, 1.82) is 0 Å². The largest absolute Gasteiger partial charge is 0.241 e. The molecule has 0 aliphatic carbocycles. The summed E-state index contributed by atoms with van der Waals surface area (Å²) in [4.78, 5) is 0. The van der Waals surface area contributed by atoms with Crippen molar-refractivity contribution >= 4 is 46.2 Å². The Morgan fingerprint density at radius 1 is 0.500 bits per heavy atom. The van der Waals surface area contributed by atoms with E-state index in [2.05, 4.69) is 145 Å². The van der Waals surface area contributed by atoms with Crippen molar-refractivity contribution < 1.29 is 4.57 Å². The minimum Gasteiger partial charge on any atom is -0.201 e. The van der Waals surface area contributed by atoms with E-state index in [0.717, 1.165) is 0 Å². The quantitative estimate of drug-likeness (QED) is 0.249. The van der Waals surface area contributed by atoms with Crippen LogP contribution in [-0.4, -0.2) is 13.4 Å². The molecule has 0 spiro atoms. The lowest BCUT2D eigenvalue weighted by Gasteiger charge is -2.34. The van der Waals surface area contributed by atoms with Crippen molar-refractivity contribution in [1.82, 2.24) is 0 Å². The highest BCUT2D eigenvalue weighted by Crippen LogP contribution is 2.27. The lowest BCUT2D eigenvalue weighted by atomic mass is 9.20. The Morgan fingerprint density at radius 3 is 1.52 bits per heavy atom. The standard InChI is InChI=1S/C37H38B2N/c1-23-20-26(4)28(6)30(21-23)37-29(7)36(27(5)22-40(37)8)39-33-18-11-9-16-31(33)38(32-17-10-12-19-34(32)39)35-24(2)14-13-15-25(35)3/h9-22H,1-8H3/q+1. The first kappa shape index (κ1) is 26.4. The summed E-state index contributed by atoms with van der Waals surface area (Å²) in [6, 6.07) is 29.8. The molecule has 0 saturated carbocycles. The van der Waals surface area contributed by atoms with Gasteiger partial charge in [0.25, 0.3) is 0 Å². The fourth-order valence-corrected chi connectivity index (χ4v) is 7.55. The van der Waals surface area contributed by atoms with E-state index in [-0.39, 0.29) is 13.4 Å². The van der Waals surface area contributed by atoms with Crippen LogP contribution >= 0.6 is 0 Å². The summed E-state index contributed by atoms with van der Waals surface area (Å²) in [5.74, 6) is 0. The van der Waals surface area contributed by atoms with Crippen LogP contribution in [0.1, 0.15) is 38.9 Å². The molecular formula is C37H38B2N+. The monoisotopic (exact) mass is 518 g/mol. The molecule has 0 unspecified atom stereocenters. The minimum atomic E-state index is 0.180. The van der Waals surface area contributed by atoms with Crippen LogP contribution in [0.25, 0.3) is 11.3 Å². The predicted molar refractivity (Wildman–Crippen MR) is 175 cm³/mol. The molecule has 0 saturated heterocycles. The van der Waals surface area contributed by atoms with Crippen molar-refractivity contribution in [2.75, 3.05) is 0 Å². The first-order valence-corrected chi connectivity index (χ1v) is 14.5. The summed E-state index contributed by atoms with van der Waals surface area (Å²) >= 11 is 0. The number of hydrogen-bond donors (Lipinski definition) is 0. The SMILES string of the molecule is Cc1cc(C)c(C)c(-c2c(C)c(B3c4ccccc4B(c4c(C)cccc4C)c4ccccc43)c(C)c[n+]2C)c1. The second-order valence-corrected chi connectivity index (χ2v) is 12.0. The highest BCUT2D eigenvalue weighted by atomic mass is 14.9. The average molecular weight is 518 g/mol. The van der Waals surface area contributed by atoms with Crippen molar-refractivity contribution in [3.8, 4) is 11.3 Å². The maximum absolute atomic E-state index is 2.38. The van der Waals surface area contributed by atoms with Gasteiger partial charge in [-0.3, -0.25) is 0 Å². The predicted octanol–water partition coefficient (Wildman–Crippen LogP) is 3.68. The van der Waals surface area contributed by atoms with Gasteiger partial charge in [-0.1, -0.05) is 122 Å². The van der Waals surface area contributed by atoms with Crippen LogP contribution in [-0.2, 0) is 7.05 Å². The zero-order chi connectivity index (χ0) is 28.3. The smallest absolute Gasteiger partial charge is 0.201 e. The maximum Gasteiger partial charge on any atom is 0.241 e. The minimum absolute atomic E-state index is 0.180. The number of fused-ring (bicyclic) bond motifs is 2. The van der Waals surface area contributed by atoms with Crippen LogP contribution in [0.5, 0.6) is 0 Å². The van der Waals surface area contributed by atoms with Gasteiger partial charge in [-0.2, -0.15) is 0 Å². The molecule has 0 fully saturated rings. The van der Waals surface area contributed by atoms with Crippen LogP contribution in [0, 0.1) is 48.5 Å². The zero-order valence-corrected chi connectivity index (χ0v) is 25.2. The summed E-state index contributed by atoms with van der Waals surface area (Å²) in [6.07, 6.45) is 2.34. The second kappa shape index (κ2) is 9.97. The Balaban J connectivity index is 1.67. The highest BCUT2D eigenvalue weighted by molar-refractivity contribution is 7.11.